The number of hydrogen-bond acceptors (Lipinski definition) is 3. The zero-order chi connectivity index (χ0) is 15.3. The van der Waals surface area contributed by atoms with E-state index < -0.39 is 0 Å². The number of halogens is 2. The van der Waals surface area contributed by atoms with E-state index in [1.807, 2.05) is 6.92 Å². The Labute approximate surface area is 144 Å². The van der Waals surface area contributed by atoms with Gasteiger partial charge in [0.05, 0.1) is 15.6 Å². The molecule has 0 atom stereocenters. The van der Waals surface area contributed by atoms with Crippen LogP contribution >= 0.6 is 31.9 Å². The van der Waals surface area contributed by atoms with Gasteiger partial charge in [0.1, 0.15) is 5.75 Å². The Kier molecular flexibility index (Phi) is 6.53. The van der Waals surface area contributed by atoms with Gasteiger partial charge in [0.15, 0.2) is 0 Å². The van der Waals surface area contributed by atoms with Crippen molar-refractivity contribution >= 4 is 31.9 Å². The molecule has 1 saturated heterocycles. The molecule has 1 heterocycles. The van der Waals surface area contributed by atoms with Crippen LogP contribution in [0.2, 0.25) is 0 Å². The molecule has 1 aliphatic heterocycles. The summed E-state index contributed by atoms with van der Waals surface area (Å²) < 4.78 is 13.0. The predicted octanol–water partition coefficient (Wildman–Crippen LogP) is 4.52. The molecule has 0 unspecified atom stereocenters. The van der Waals surface area contributed by atoms with Crippen LogP contribution < -0.4 is 10.1 Å². The first-order valence-corrected chi connectivity index (χ1v) is 9.02. The van der Waals surface area contributed by atoms with Gasteiger partial charge < -0.3 is 14.8 Å². The van der Waals surface area contributed by atoms with E-state index in [4.69, 9.17) is 9.47 Å². The van der Waals surface area contributed by atoms with E-state index in [-0.39, 0.29) is 0 Å². The lowest BCUT2D eigenvalue weighted by Crippen LogP contribution is -2.36. The molecule has 21 heavy (non-hydrogen) atoms. The van der Waals surface area contributed by atoms with E-state index in [9.17, 15) is 0 Å². The molecule has 0 spiro atoms. The highest BCUT2D eigenvalue weighted by molar-refractivity contribution is 9.11. The number of rotatable bonds is 6. The molecular weight excluding hydrogens is 398 g/mol. The molecule has 1 aromatic carbocycles. The maximum absolute atomic E-state index is 5.61. The third kappa shape index (κ3) is 4.95. The molecule has 0 aromatic heterocycles. The lowest BCUT2D eigenvalue weighted by atomic mass is 9.82. The summed E-state index contributed by atoms with van der Waals surface area (Å²) in [5.41, 5.74) is 1.60. The second kappa shape index (κ2) is 7.95. The van der Waals surface area contributed by atoms with Crippen molar-refractivity contribution in [1.29, 1.82) is 0 Å². The molecular formula is C16H23Br2NO2. The normalized spacial score (nSPS) is 17.7. The molecule has 0 amide bonds. The molecule has 0 saturated carbocycles. The summed E-state index contributed by atoms with van der Waals surface area (Å²) in [7, 11) is 0. The Bertz CT molecular complexity index is 450. The average molecular weight is 421 g/mol. The van der Waals surface area contributed by atoms with E-state index in [1.165, 1.54) is 5.56 Å². The Morgan fingerprint density at radius 1 is 1.24 bits per heavy atom. The quantitative estimate of drug-likeness (QED) is 0.733. The van der Waals surface area contributed by atoms with E-state index >= 15 is 0 Å². The summed E-state index contributed by atoms with van der Waals surface area (Å²) >= 11 is 7.16. The lowest BCUT2D eigenvalue weighted by molar-refractivity contribution is 0.0240. The first kappa shape index (κ1) is 17.3. The SMILES string of the molecule is CCOc1c(Br)cc(CNCC2(C)CCOCC2)cc1Br. The first-order valence-electron chi connectivity index (χ1n) is 7.43. The van der Waals surface area contributed by atoms with Crippen LogP contribution in [-0.4, -0.2) is 26.4 Å². The monoisotopic (exact) mass is 419 g/mol. The van der Waals surface area contributed by atoms with Gasteiger partial charge in [-0.3, -0.25) is 0 Å². The summed E-state index contributed by atoms with van der Waals surface area (Å²) in [4.78, 5) is 0. The highest BCUT2D eigenvalue weighted by atomic mass is 79.9. The second-order valence-corrected chi connectivity index (χ2v) is 7.56. The van der Waals surface area contributed by atoms with Crippen molar-refractivity contribution in [3.63, 3.8) is 0 Å². The van der Waals surface area contributed by atoms with Gasteiger partial charge in [-0.1, -0.05) is 6.92 Å². The minimum Gasteiger partial charge on any atom is -0.492 e. The Hall–Kier alpha value is -0.100. The van der Waals surface area contributed by atoms with Crippen molar-refractivity contribution in [3.8, 4) is 5.75 Å². The van der Waals surface area contributed by atoms with Crippen LogP contribution in [-0.2, 0) is 11.3 Å². The maximum Gasteiger partial charge on any atom is 0.147 e. The van der Waals surface area contributed by atoms with Crippen LogP contribution in [0, 0.1) is 5.41 Å². The third-order valence-electron chi connectivity index (χ3n) is 3.93. The number of hydrogen-bond donors (Lipinski definition) is 1. The van der Waals surface area contributed by atoms with Crippen LogP contribution in [0.15, 0.2) is 21.1 Å². The lowest BCUT2D eigenvalue weighted by Gasteiger charge is -2.33. The van der Waals surface area contributed by atoms with Crippen LogP contribution in [0.1, 0.15) is 32.3 Å². The number of nitrogens with one attached hydrogen (secondary N) is 1. The van der Waals surface area contributed by atoms with E-state index in [0.29, 0.717) is 12.0 Å². The van der Waals surface area contributed by atoms with Crippen LogP contribution in [0.3, 0.4) is 0 Å². The Morgan fingerprint density at radius 3 is 2.43 bits per heavy atom. The molecule has 0 aliphatic carbocycles. The predicted molar refractivity (Wildman–Crippen MR) is 92.9 cm³/mol. The zero-order valence-electron chi connectivity index (χ0n) is 12.7. The Morgan fingerprint density at radius 2 is 1.86 bits per heavy atom. The molecule has 0 bridgehead atoms. The van der Waals surface area contributed by atoms with E-state index in [1.54, 1.807) is 0 Å². The van der Waals surface area contributed by atoms with Crippen molar-refractivity contribution in [3.05, 3.63) is 26.6 Å². The molecule has 1 aromatic rings. The standard InChI is InChI=1S/C16H23Br2NO2/c1-3-21-15-13(17)8-12(9-14(15)18)10-19-11-16(2)4-6-20-7-5-16/h8-9,19H,3-7,10-11H2,1-2H3. The van der Waals surface area contributed by atoms with Crippen LogP contribution in [0.4, 0.5) is 0 Å². The first-order chi connectivity index (χ1) is 10.0. The van der Waals surface area contributed by atoms with Gasteiger partial charge in [0.25, 0.3) is 0 Å². The molecule has 5 heteroatoms. The van der Waals surface area contributed by atoms with Gasteiger partial charge in [-0.2, -0.15) is 0 Å². The summed E-state index contributed by atoms with van der Waals surface area (Å²) in [6.45, 7) is 8.65. The number of benzene rings is 1. The van der Waals surface area contributed by atoms with E-state index in [0.717, 1.165) is 53.8 Å². The smallest absolute Gasteiger partial charge is 0.147 e. The highest BCUT2D eigenvalue weighted by Gasteiger charge is 2.26. The van der Waals surface area contributed by atoms with Gasteiger partial charge in [-0.05, 0) is 74.7 Å². The summed E-state index contributed by atoms with van der Waals surface area (Å²) in [5.74, 6) is 0.873. The summed E-state index contributed by atoms with van der Waals surface area (Å²) in [6.07, 6.45) is 2.27. The fourth-order valence-corrected chi connectivity index (χ4v) is 4.06. The third-order valence-corrected chi connectivity index (χ3v) is 5.11. The van der Waals surface area contributed by atoms with Crippen LogP contribution in [0.5, 0.6) is 5.75 Å². The molecule has 3 nitrogen and oxygen atoms in total. The minimum absolute atomic E-state index is 0.359. The van der Waals surface area contributed by atoms with Gasteiger partial charge in [-0.25, -0.2) is 0 Å². The van der Waals surface area contributed by atoms with Crippen molar-refractivity contribution in [1.82, 2.24) is 5.32 Å². The number of ether oxygens (including phenoxy) is 2. The van der Waals surface area contributed by atoms with Gasteiger partial charge in [0.2, 0.25) is 0 Å². The minimum atomic E-state index is 0.359. The second-order valence-electron chi connectivity index (χ2n) is 5.85. The van der Waals surface area contributed by atoms with Gasteiger partial charge in [-0.15, -0.1) is 0 Å². The van der Waals surface area contributed by atoms with Crippen molar-refractivity contribution in [2.75, 3.05) is 26.4 Å². The maximum atomic E-state index is 5.61. The van der Waals surface area contributed by atoms with Crippen molar-refractivity contribution in [2.45, 2.75) is 33.2 Å². The van der Waals surface area contributed by atoms with Gasteiger partial charge in [0, 0.05) is 26.3 Å². The average Bonchev–Trinajstić information content (AvgIpc) is 2.43. The fraction of sp³-hybridized carbons (Fsp3) is 0.625. The molecule has 0 radical (unpaired) electrons. The molecule has 118 valence electrons. The molecule has 1 N–H and O–H groups in total. The molecule has 1 fully saturated rings. The zero-order valence-corrected chi connectivity index (χ0v) is 15.8. The van der Waals surface area contributed by atoms with Crippen LogP contribution in [0.25, 0.3) is 0 Å². The highest BCUT2D eigenvalue weighted by Crippen LogP contribution is 2.35. The largest absolute Gasteiger partial charge is 0.492 e. The van der Waals surface area contributed by atoms with Crippen molar-refractivity contribution < 1.29 is 9.47 Å². The van der Waals surface area contributed by atoms with Gasteiger partial charge >= 0.3 is 0 Å². The summed E-state index contributed by atoms with van der Waals surface area (Å²) in [6, 6.07) is 4.24. The summed E-state index contributed by atoms with van der Waals surface area (Å²) in [5, 5.41) is 3.58. The van der Waals surface area contributed by atoms with Crippen molar-refractivity contribution in [2.24, 2.45) is 5.41 Å². The molecule has 1 aliphatic rings. The topological polar surface area (TPSA) is 30.5 Å². The fourth-order valence-electron chi connectivity index (χ4n) is 2.55. The molecule has 2 rings (SSSR count). The van der Waals surface area contributed by atoms with E-state index in [2.05, 4.69) is 56.2 Å². The Balaban J connectivity index is 1.91.